The van der Waals surface area contributed by atoms with E-state index in [2.05, 4.69) is 0 Å². The van der Waals surface area contributed by atoms with Crippen molar-refractivity contribution in [1.29, 1.82) is 0 Å². The molecule has 0 aromatic heterocycles. The average Bonchev–Trinajstić information content (AvgIpc) is 3.09. The first-order valence-corrected chi connectivity index (χ1v) is 15.0. The largest absolute Gasteiger partial charge is 0.481 e. The molecule has 0 saturated carbocycles. The van der Waals surface area contributed by atoms with E-state index in [4.69, 9.17) is 19.7 Å². The van der Waals surface area contributed by atoms with Crippen molar-refractivity contribution >= 4 is 11.9 Å². The minimum absolute atomic E-state index is 0.0116. The van der Waals surface area contributed by atoms with Crippen LogP contribution in [0.25, 0.3) is 33.4 Å². The standard InChI is InChI=1S/C21H15F3O3.C17H14F4O3/c22-21(23,24)17-10-11-19(27-13-20(25)26)18(12-17)16-8-6-15(7-9-16)14-4-2-1-3-5-14;1-9-3-5-12(10(2)16(9)18)13-7-11(17(19,20)21)4-6-14(13)24-8-15(22)23/h1-12H,13H2,(H,25,26);3-7H,8H2,1-2H3,(H,22,23). The van der Waals surface area contributed by atoms with Crippen LogP contribution >= 0.6 is 0 Å². The molecule has 6 nitrogen and oxygen atoms in total. The summed E-state index contributed by atoms with van der Waals surface area (Å²) < 4.78 is 102. The van der Waals surface area contributed by atoms with Gasteiger partial charge in [-0.05, 0) is 83.6 Å². The Bertz CT molecular complexity index is 2010. The molecule has 0 atom stereocenters. The van der Waals surface area contributed by atoms with Crippen LogP contribution in [0.3, 0.4) is 0 Å². The van der Waals surface area contributed by atoms with Gasteiger partial charge >= 0.3 is 24.3 Å². The third-order valence-corrected chi connectivity index (χ3v) is 7.49. The van der Waals surface area contributed by atoms with Gasteiger partial charge in [0.25, 0.3) is 0 Å². The molecule has 0 aliphatic heterocycles. The fraction of sp³-hybridized carbons (Fsp3) is 0.158. The number of carboxylic acids is 2. The Kier molecular flexibility index (Phi) is 11.8. The van der Waals surface area contributed by atoms with Gasteiger partial charge in [-0.2, -0.15) is 26.3 Å². The number of hydrogen-bond acceptors (Lipinski definition) is 4. The minimum atomic E-state index is -4.59. The molecule has 0 bridgehead atoms. The summed E-state index contributed by atoms with van der Waals surface area (Å²) in [5.41, 5.74) is 1.55. The number of rotatable bonds is 9. The fourth-order valence-electron chi connectivity index (χ4n) is 4.96. The fourth-order valence-corrected chi connectivity index (χ4v) is 4.96. The topological polar surface area (TPSA) is 93.1 Å². The van der Waals surface area contributed by atoms with Crippen LogP contribution in [0.1, 0.15) is 22.3 Å². The second-order valence-corrected chi connectivity index (χ2v) is 11.1. The Hall–Kier alpha value is -5.85. The highest BCUT2D eigenvalue weighted by molar-refractivity contribution is 5.77. The summed E-state index contributed by atoms with van der Waals surface area (Å²) in [5.74, 6) is -2.99. The molecule has 5 aromatic carbocycles. The first kappa shape index (κ1) is 38.0. The summed E-state index contributed by atoms with van der Waals surface area (Å²) in [5, 5.41) is 17.5. The Balaban J connectivity index is 0.000000230. The van der Waals surface area contributed by atoms with Gasteiger partial charge in [-0.1, -0.05) is 66.7 Å². The third kappa shape index (κ3) is 9.87. The van der Waals surface area contributed by atoms with Gasteiger partial charge < -0.3 is 19.7 Å². The molecule has 0 aliphatic rings. The molecule has 0 saturated heterocycles. The zero-order chi connectivity index (χ0) is 37.5. The first-order chi connectivity index (χ1) is 24.0. The Labute approximate surface area is 287 Å². The Morgan fingerprint density at radius 2 is 1.02 bits per heavy atom. The summed E-state index contributed by atoms with van der Waals surface area (Å²) in [6.07, 6.45) is -9.10. The lowest BCUT2D eigenvalue weighted by Gasteiger charge is -2.16. The summed E-state index contributed by atoms with van der Waals surface area (Å²) in [4.78, 5) is 21.4. The molecule has 5 aromatic rings. The lowest BCUT2D eigenvalue weighted by atomic mass is 9.95. The van der Waals surface area contributed by atoms with Crippen LogP contribution in [-0.4, -0.2) is 35.4 Å². The average molecular weight is 715 g/mol. The van der Waals surface area contributed by atoms with Gasteiger partial charge in [0.05, 0.1) is 11.1 Å². The maximum Gasteiger partial charge on any atom is 0.416 e. The summed E-state index contributed by atoms with van der Waals surface area (Å²) in [6.45, 7) is 1.63. The molecule has 0 spiro atoms. The quantitative estimate of drug-likeness (QED) is 0.148. The number of carbonyl (C=O) groups is 2. The van der Waals surface area contributed by atoms with E-state index in [-0.39, 0.29) is 33.8 Å². The highest BCUT2D eigenvalue weighted by atomic mass is 19.4. The van der Waals surface area contributed by atoms with E-state index < -0.39 is 54.4 Å². The Morgan fingerprint density at radius 1 is 0.569 bits per heavy atom. The molecular formula is C38H29F7O6. The molecule has 13 heteroatoms. The van der Waals surface area contributed by atoms with Gasteiger partial charge in [-0.25, -0.2) is 14.0 Å². The number of alkyl halides is 6. The smallest absolute Gasteiger partial charge is 0.416 e. The molecular weight excluding hydrogens is 685 g/mol. The molecule has 0 heterocycles. The van der Waals surface area contributed by atoms with Crippen LogP contribution in [0, 0.1) is 19.7 Å². The highest BCUT2D eigenvalue weighted by Crippen LogP contribution is 2.40. The van der Waals surface area contributed by atoms with Crippen molar-refractivity contribution < 1.29 is 60.0 Å². The van der Waals surface area contributed by atoms with Crippen LogP contribution in [0.15, 0.2) is 103 Å². The van der Waals surface area contributed by atoms with Crippen molar-refractivity contribution in [3.63, 3.8) is 0 Å². The summed E-state index contributed by atoms with van der Waals surface area (Å²) in [7, 11) is 0. The predicted molar refractivity (Wildman–Crippen MR) is 175 cm³/mol. The monoisotopic (exact) mass is 714 g/mol. The predicted octanol–water partition coefficient (Wildman–Crippen LogP) is 10.1. The van der Waals surface area contributed by atoms with E-state index >= 15 is 0 Å². The van der Waals surface area contributed by atoms with Crippen LogP contribution < -0.4 is 9.47 Å². The molecule has 266 valence electrons. The zero-order valence-electron chi connectivity index (χ0n) is 26.9. The van der Waals surface area contributed by atoms with E-state index in [0.29, 0.717) is 11.1 Å². The number of ether oxygens (including phenoxy) is 2. The van der Waals surface area contributed by atoms with Crippen LogP contribution in [0.2, 0.25) is 0 Å². The first-order valence-electron chi connectivity index (χ1n) is 15.0. The second kappa shape index (κ2) is 15.8. The number of aliphatic carboxylic acids is 2. The summed E-state index contributed by atoms with van der Waals surface area (Å²) in [6, 6.07) is 25.1. The molecule has 0 unspecified atom stereocenters. The molecule has 5 rings (SSSR count). The minimum Gasteiger partial charge on any atom is -0.481 e. The number of carboxylic acid groups (broad SMARTS) is 2. The number of aryl methyl sites for hydroxylation is 1. The van der Waals surface area contributed by atoms with Crippen molar-refractivity contribution in [3.05, 3.63) is 131 Å². The summed E-state index contributed by atoms with van der Waals surface area (Å²) >= 11 is 0. The molecule has 2 N–H and O–H groups in total. The zero-order valence-corrected chi connectivity index (χ0v) is 26.9. The van der Waals surface area contributed by atoms with E-state index in [0.717, 1.165) is 47.5 Å². The lowest BCUT2D eigenvalue weighted by molar-refractivity contribution is -0.140. The van der Waals surface area contributed by atoms with Crippen molar-refractivity contribution in [1.82, 2.24) is 0 Å². The molecule has 0 aliphatic carbocycles. The van der Waals surface area contributed by atoms with Gasteiger partial charge in [-0.15, -0.1) is 0 Å². The maximum absolute atomic E-state index is 14.1. The van der Waals surface area contributed by atoms with Crippen molar-refractivity contribution in [2.24, 2.45) is 0 Å². The van der Waals surface area contributed by atoms with Gasteiger partial charge in [-0.3, -0.25) is 0 Å². The SMILES string of the molecule is Cc1ccc(-c2cc(C(F)(F)F)ccc2OCC(=O)O)c(C)c1F.O=C(O)COc1ccc(C(F)(F)F)cc1-c1ccc(-c2ccccc2)cc1. The van der Waals surface area contributed by atoms with E-state index in [9.17, 15) is 40.3 Å². The maximum atomic E-state index is 14.1. The number of benzene rings is 5. The number of halogens is 7. The molecule has 0 radical (unpaired) electrons. The van der Waals surface area contributed by atoms with Crippen molar-refractivity contribution in [2.75, 3.05) is 13.2 Å². The third-order valence-electron chi connectivity index (χ3n) is 7.49. The molecule has 51 heavy (non-hydrogen) atoms. The number of hydrogen-bond donors (Lipinski definition) is 2. The van der Waals surface area contributed by atoms with Crippen LogP contribution in [0.4, 0.5) is 30.7 Å². The van der Waals surface area contributed by atoms with Crippen LogP contribution in [0.5, 0.6) is 11.5 Å². The van der Waals surface area contributed by atoms with Gasteiger partial charge in [0, 0.05) is 11.1 Å². The molecule has 0 fully saturated rings. The second-order valence-electron chi connectivity index (χ2n) is 11.1. The van der Waals surface area contributed by atoms with Crippen molar-refractivity contribution in [3.8, 4) is 44.9 Å². The van der Waals surface area contributed by atoms with Gasteiger partial charge in [0.1, 0.15) is 17.3 Å². The highest BCUT2D eigenvalue weighted by Gasteiger charge is 2.32. The lowest BCUT2D eigenvalue weighted by Crippen LogP contribution is -2.11. The van der Waals surface area contributed by atoms with Gasteiger partial charge in [0.15, 0.2) is 13.2 Å². The normalized spacial score (nSPS) is 11.3. The van der Waals surface area contributed by atoms with Crippen LogP contribution in [-0.2, 0) is 21.9 Å². The Morgan fingerprint density at radius 3 is 1.51 bits per heavy atom. The van der Waals surface area contributed by atoms with E-state index in [1.165, 1.54) is 19.1 Å². The van der Waals surface area contributed by atoms with E-state index in [1.807, 2.05) is 30.3 Å². The van der Waals surface area contributed by atoms with Crippen molar-refractivity contribution in [2.45, 2.75) is 26.2 Å². The van der Waals surface area contributed by atoms with Gasteiger partial charge in [0.2, 0.25) is 0 Å². The molecule has 0 amide bonds. The van der Waals surface area contributed by atoms with E-state index in [1.54, 1.807) is 31.2 Å².